The van der Waals surface area contributed by atoms with Gasteiger partial charge < -0.3 is 18.9 Å². The largest absolute Gasteiger partial charge is 0.493 e. The fourth-order valence-corrected chi connectivity index (χ4v) is 4.73. The molecular weight excluding hydrogens is 470 g/mol. The molecule has 1 fully saturated rings. The Morgan fingerprint density at radius 3 is 2.32 bits per heavy atom. The van der Waals surface area contributed by atoms with Gasteiger partial charge in [0.25, 0.3) is 5.91 Å². The maximum absolute atomic E-state index is 13.0. The molecule has 1 aliphatic heterocycles. The second-order valence-corrected chi connectivity index (χ2v) is 9.89. The number of carbonyl (C=O) groups excluding carboxylic acids is 1. The Kier molecular flexibility index (Phi) is 9.24. The Labute approximate surface area is 211 Å². The van der Waals surface area contributed by atoms with Crippen molar-refractivity contribution in [1.29, 1.82) is 0 Å². The highest BCUT2D eigenvalue weighted by atomic mass is 32.2. The van der Waals surface area contributed by atoms with Crippen LogP contribution in [0.5, 0.6) is 23.0 Å². The van der Waals surface area contributed by atoms with Crippen LogP contribution in [0.4, 0.5) is 0 Å². The van der Waals surface area contributed by atoms with Crippen molar-refractivity contribution in [3.05, 3.63) is 52.4 Å². The third kappa shape index (κ3) is 6.45. The van der Waals surface area contributed by atoms with Crippen LogP contribution in [0.25, 0.3) is 6.08 Å². The van der Waals surface area contributed by atoms with Crippen LogP contribution in [0.3, 0.4) is 0 Å². The first-order chi connectivity index (χ1) is 16.4. The molecule has 0 saturated carbocycles. The fourth-order valence-electron chi connectivity index (χ4n) is 3.42. The van der Waals surface area contributed by atoms with Gasteiger partial charge in [0.05, 0.1) is 32.8 Å². The molecule has 1 aliphatic rings. The topological polar surface area (TPSA) is 57.2 Å². The predicted molar refractivity (Wildman–Crippen MR) is 141 cm³/mol. The first kappa shape index (κ1) is 25.9. The lowest BCUT2D eigenvalue weighted by Crippen LogP contribution is -2.30. The van der Waals surface area contributed by atoms with Gasteiger partial charge in [0.15, 0.2) is 23.0 Å². The summed E-state index contributed by atoms with van der Waals surface area (Å²) in [5, 5.41) is 0. The van der Waals surface area contributed by atoms with E-state index in [9.17, 15) is 4.79 Å². The van der Waals surface area contributed by atoms with Gasteiger partial charge in [-0.05, 0) is 60.2 Å². The number of hydrogen-bond acceptors (Lipinski definition) is 7. The van der Waals surface area contributed by atoms with Crippen molar-refractivity contribution in [2.24, 2.45) is 5.92 Å². The summed E-state index contributed by atoms with van der Waals surface area (Å²) in [4.78, 5) is 15.3. The normalized spacial score (nSPS) is 14.8. The lowest BCUT2D eigenvalue weighted by molar-refractivity contribution is -0.122. The van der Waals surface area contributed by atoms with Crippen molar-refractivity contribution >= 4 is 40.3 Å². The minimum Gasteiger partial charge on any atom is -0.493 e. The SMILES string of the molecule is COc1ccc(CCN2C(=O)/C(=C\c3ccc(OCCC(C)C)c(OC)c3)SC2=S)cc1OC. The summed E-state index contributed by atoms with van der Waals surface area (Å²) in [6, 6.07) is 11.4. The van der Waals surface area contributed by atoms with E-state index in [1.165, 1.54) is 11.8 Å². The van der Waals surface area contributed by atoms with Gasteiger partial charge in [0, 0.05) is 6.54 Å². The Hall–Kier alpha value is -2.71. The third-order valence-electron chi connectivity index (χ3n) is 5.38. The zero-order valence-corrected chi connectivity index (χ0v) is 21.9. The highest BCUT2D eigenvalue weighted by Gasteiger charge is 2.31. The summed E-state index contributed by atoms with van der Waals surface area (Å²) in [7, 11) is 4.82. The van der Waals surface area contributed by atoms with E-state index in [0.717, 1.165) is 17.5 Å². The first-order valence-corrected chi connectivity index (χ1v) is 12.4. The highest BCUT2D eigenvalue weighted by molar-refractivity contribution is 8.26. The number of hydrogen-bond donors (Lipinski definition) is 0. The molecule has 1 saturated heterocycles. The second kappa shape index (κ2) is 12.1. The van der Waals surface area contributed by atoms with Crippen LogP contribution in [0.2, 0.25) is 0 Å². The molecule has 0 unspecified atom stereocenters. The molecule has 2 aromatic rings. The second-order valence-electron chi connectivity index (χ2n) is 8.21. The van der Waals surface area contributed by atoms with Gasteiger partial charge in [0.2, 0.25) is 0 Å². The van der Waals surface area contributed by atoms with Gasteiger partial charge >= 0.3 is 0 Å². The smallest absolute Gasteiger partial charge is 0.266 e. The molecule has 182 valence electrons. The van der Waals surface area contributed by atoms with Crippen LogP contribution in [-0.4, -0.2) is 49.6 Å². The number of thiocarbonyl (C=S) groups is 1. The number of carbonyl (C=O) groups is 1. The van der Waals surface area contributed by atoms with Crippen LogP contribution >= 0.6 is 24.0 Å². The maximum atomic E-state index is 13.0. The van der Waals surface area contributed by atoms with Crippen LogP contribution < -0.4 is 18.9 Å². The van der Waals surface area contributed by atoms with Crippen molar-refractivity contribution in [2.45, 2.75) is 26.7 Å². The molecule has 34 heavy (non-hydrogen) atoms. The van der Waals surface area contributed by atoms with Crippen molar-refractivity contribution in [1.82, 2.24) is 4.90 Å². The number of ether oxygens (including phenoxy) is 4. The quantitative estimate of drug-likeness (QED) is 0.294. The molecule has 0 N–H and O–H groups in total. The first-order valence-electron chi connectivity index (χ1n) is 11.1. The molecule has 1 heterocycles. The summed E-state index contributed by atoms with van der Waals surface area (Å²) in [6.45, 7) is 5.44. The van der Waals surface area contributed by atoms with Crippen molar-refractivity contribution in [2.75, 3.05) is 34.5 Å². The van der Waals surface area contributed by atoms with E-state index in [1.54, 1.807) is 26.2 Å². The summed E-state index contributed by atoms with van der Waals surface area (Å²) in [5.74, 6) is 3.15. The van der Waals surface area contributed by atoms with Gasteiger partial charge in [0.1, 0.15) is 4.32 Å². The lowest BCUT2D eigenvalue weighted by atomic mass is 10.1. The molecule has 3 rings (SSSR count). The number of rotatable bonds is 11. The molecule has 0 spiro atoms. The molecule has 2 aromatic carbocycles. The molecule has 0 bridgehead atoms. The monoisotopic (exact) mass is 501 g/mol. The van der Waals surface area contributed by atoms with Gasteiger partial charge in [-0.25, -0.2) is 0 Å². The van der Waals surface area contributed by atoms with Crippen molar-refractivity contribution in [3.8, 4) is 23.0 Å². The van der Waals surface area contributed by atoms with Crippen LogP contribution in [0, 0.1) is 5.92 Å². The van der Waals surface area contributed by atoms with Gasteiger partial charge in [-0.15, -0.1) is 0 Å². The lowest BCUT2D eigenvalue weighted by Gasteiger charge is -2.15. The van der Waals surface area contributed by atoms with E-state index in [-0.39, 0.29) is 5.91 Å². The van der Waals surface area contributed by atoms with Crippen molar-refractivity contribution < 1.29 is 23.7 Å². The summed E-state index contributed by atoms with van der Waals surface area (Å²) in [6.07, 6.45) is 3.46. The van der Waals surface area contributed by atoms with Crippen molar-refractivity contribution in [3.63, 3.8) is 0 Å². The minimum atomic E-state index is -0.0910. The van der Waals surface area contributed by atoms with Crippen LogP contribution in [0.1, 0.15) is 31.4 Å². The van der Waals surface area contributed by atoms with E-state index >= 15 is 0 Å². The number of thioether (sulfide) groups is 1. The van der Waals surface area contributed by atoms with E-state index in [4.69, 9.17) is 31.2 Å². The molecule has 1 amide bonds. The summed E-state index contributed by atoms with van der Waals surface area (Å²) in [5.41, 5.74) is 1.89. The van der Waals surface area contributed by atoms with Gasteiger partial charge in [-0.2, -0.15) is 0 Å². The zero-order chi connectivity index (χ0) is 24.7. The standard InChI is InChI=1S/C26H31NO5S2/c1-17(2)11-13-32-21-9-7-19(15-23(21)31-5)16-24-25(28)27(26(33)34-24)12-10-18-6-8-20(29-3)22(14-18)30-4/h6-9,14-17H,10-13H2,1-5H3/b24-16+. The fraction of sp³-hybridized carbons (Fsp3) is 0.385. The minimum absolute atomic E-state index is 0.0910. The van der Waals surface area contributed by atoms with Crippen LogP contribution in [-0.2, 0) is 11.2 Å². The summed E-state index contributed by atoms with van der Waals surface area (Å²) >= 11 is 6.80. The number of methoxy groups -OCH3 is 3. The van der Waals surface area contributed by atoms with Gasteiger partial charge in [-0.1, -0.05) is 50.0 Å². The van der Waals surface area contributed by atoms with E-state index in [0.29, 0.717) is 57.7 Å². The molecular formula is C26H31NO5S2. The van der Waals surface area contributed by atoms with Crippen LogP contribution in [0.15, 0.2) is 41.3 Å². The third-order valence-corrected chi connectivity index (χ3v) is 6.76. The predicted octanol–water partition coefficient (Wildman–Crippen LogP) is 5.58. The van der Waals surface area contributed by atoms with E-state index in [1.807, 2.05) is 42.5 Å². The molecule has 6 nitrogen and oxygen atoms in total. The zero-order valence-electron chi connectivity index (χ0n) is 20.3. The molecule has 0 atom stereocenters. The number of nitrogens with zero attached hydrogens (tertiary/aromatic N) is 1. The Balaban J connectivity index is 1.68. The Morgan fingerprint density at radius 2 is 1.65 bits per heavy atom. The average molecular weight is 502 g/mol. The maximum Gasteiger partial charge on any atom is 0.266 e. The Morgan fingerprint density at radius 1 is 0.971 bits per heavy atom. The molecule has 8 heteroatoms. The highest BCUT2D eigenvalue weighted by Crippen LogP contribution is 2.35. The van der Waals surface area contributed by atoms with E-state index in [2.05, 4.69) is 13.8 Å². The number of benzene rings is 2. The summed E-state index contributed by atoms with van der Waals surface area (Å²) < 4.78 is 22.6. The molecule has 0 aliphatic carbocycles. The molecule has 0 aromatic heterocycles. The van der Waals surface area contributed by atoms with Gasteiger partial charge in [-0.3, -0.25) is 9.69 Å². The molecule has 0 radical (unpaired) electrons. The van der Waals surface area contributed by atoms with E-state index < -0.39 is 0 Å². The average Bonchev–Trinajstić information content (AvgIpc) is 3.09. The Bertz CT molecular complexity index is 1070. The number of amides is 1.